The van der Waals surface area contributed by atoms with Crippen molar-refractivity contribution in [2.75, 3.05) is 9.80 Å². The Morgan fingerprint density at radius 3 is 1.49 bits per heavy atom. The molecule has 1 heterocycles. The monoisotopic (exact) mass is 694 g/mol. The Balaban J connectivity index is 1.19. The van der Waals surface area contributed by atoms with Crippen LogP contribution < -0.4 is 9.80 Å². The van der Waals surface area contributed by atoms with Gasteiger partial charge in [-0.05, 0) is 88.5 Å². The molecule has 0 saturated heterocycles. The average molecular weight is 695 g/mol. The Morgan fingerprint density at radius 1 is 0.321 bits per heavy atom. The van der Waals surface area contributed by atoms with Crippen molar-refractivity contribution in [2.24, 2.45) is 0 Å². The quantitative estimate of drug-likeness (QED) is 0.153. The standard InChI is InChI=1S/C50H34N2S/c1-5-17-35(18-6-1)41-25-15-16-28-47(41)52(38-23-11-4-12-24-38)40-30-32-45-48(34-40)53-50-44-31-29-39(33-46(44)42-26-13-14-27-43(42)49(45)50)51(36-19-7-2-8-20-36)37-21-9-3-10-22-37/h1-34H. The van der Waals surface area contributed by atoms with Crippen LogP contribution in [0.15, 0.2) is 206 Å². The molecule has 0 fully saturated rings. The summed E-state index contributed by atoms with van der Waals surface area (Å²) in [6.45, 7) is 0. The molecule has 0 spiro atoms. The fourth-order valence-electron chi connectivity index (χ4n) is 7.85. The van der Waals surface area contributed by atoms with Crippen molar-refractivity contribution >= 4 is 87.2 Å². The molecule has 10 rings (SSSR count). The van der Waals surface area contributed by atoms with Gasteiger partial charge in [0.25, 0.3) is 0 Å². The largest absolute Gasteiger partial charge is 0.310 e. The summed E-state index contributed by atoms with van der Waals surface area (Å²) in [4.78, 5) is 4.75. The highest BCUT2D eigenvalue weighted by molar-refractivity contribution is 7.27. The van der Waals surface area contributed by atoms with Gasteiger partial charge in [-0.1, -0.05) is 140 Å². The zero-order valence-electron chi connectivity index (χ0n) is 28.9. The third-order valence-corrected chi connectivity index (χ3v) is 11.4. The molecule has 0 unspecified atom stereocenters. The molecule has 0 atom stereocenters. The Hall–Kier alpha value is -6.68. The zero-order valence-corrected chi connectivity index (χ0v) is 29.7. The summed E-state index contributed by atoms with van der Waals surface area (Å²) >= 11 is 1.90. The predicted molar refractivity (Wildman–Crippen MR) is 229 cm³/mol. The highest BCUT2D eigenvalue weighted by Crippen LogP contribution is 2.48. The van der Waals surface area contributed by atoms with E-state index in [4.69, 9.17) is 0 Å². The van der Waals surface area contributed by atoms with Gasteiger partial charge in [0.05, 0.1) is 5.69 Å². The number of nitrogens with zero attached hydrogens (tertiary/aromatic N) is 2. The van der Waals surface area contributed by atoms with Gasteiger partial charge in [-0.2, -0.15) is 0 Å². The van der Waals surface area contributed by atoms with E-state index in [1.807, 2.05) is 11.3 Å². The van der Waals surface area contributed by atoms with E-state index in [9.17, 15) is 0 Å². The number of anilines is 6. The van der Waals surface area contributed by atoms with E-state index in [1.165, 1.54) is 52.8 Å². The van der Waals surface area contributed by atoms with E-state index >= 15 is 0 Å². The average Bonchev–Trinajstić information content (AvgIpc) is 3.62. The molecule has 250 valence electrons. The van der Waals surface area contributed by atoms with Crippen molar-refractivity contribution in [1.82, 2.24) is 0 Å². The zero-order chi connectivity index (χ0) is 35.1. The molecule has 53 heavy (non-hydrogen) atoms. The highest BCUT2D eigenvalue weighted by Gasteiger charge is 2.21. The minimum Gasteiger partial charge on any atom is -0.310 e. The van der Waals surface area contributed by atoms with Gasteiger partial charge in [0, 0.05) is 59.6 Å². The van der Waals surface area contributed by atoms with E-state index < -0.39 is 0 Å². The molecule has 0 aliphatic heterocycles. The number of hydrogen-bond donors (Lipinski definition) is 0. The number of hydrogen-bond acceptors (Lipinski definition) is 3. The lowest BCUT2D eigenvalue weighted by Crippen LogP contribution is -2.10. The first-order valence-electron chi connectivity index (χ1n) is 18.0. The second kappa shape index (κ2) is 13.1. The Labute approximate surface area is 313 Å². The topological polar surface area (TPSA) is 6.48 Å². The number of para-hydroxylation sites is 4. The molecule has 0 aliphatic rings. The van der Waals surface area contributed by atoms with Gasteiger partial charge in [0.2, 0.25) is 0 Å². The maximum Gasteiger partial charge on any atom is 0.0540 e. The van der Waals surface area contributed by atoms with E-state index in [0.29, 0.717) is 0 Å². The summed E-state index contributed by atoms with van der Waals surface area (Å²) < 4.78 is 2.59. The Bertz CT molecular complexity index is 2840. The van der Waals surface area contributed by atoms with Crippen molar-refractivity contribution in [3.8, 4) is 11.1 Å². The highest BCUT2D eigenvalue weighted by atomic mass is 32.1. The van der Waals surface area contributed by atoms with Gasteiger partial charge >= 0.3 is 0 Å². The van der Waals surface area contributed by atoms with Crippen LogP contribution in [0.25, 0.3) is 52.8 Å². The van der Waals surface area contributed by atoms with Crippen molar-refractivity contribution < 1.29 is 0 Å². The molecule has 0 saturated carbocycles. The maximum absolute atomic E-state index is 2.40. The molecule has 0 amide bonds. The summed E-state index contributed by atoms with van der Waals surface area (Å²) in [6.07, 6.45) is 0. The van der Waals surface area contributed by atoms with Crippen LogP contribution in [-0.2, 0) is 0 Å². The molecule has 1 aromatic heterocycles. The van der Waals surface area contributed by atoms with Crippen LogP contribution in [-0.4, -0.2) is 0 Å². The summed E-state index contributed by atoms with van der Waals surface area (Å²) in [5.74, 6) is 0. The molecule has 0 radical (unpaired) electrons. The van der Waals surface area contributed by atoms with E-state index in [2.05, 4.69) is 216 Å². The van der Waals surface area contributed by atoms with Crippen molar-refractivity contribution in [1.29, 1.82) is 0 Å². The third kappa shape index (κ3) is 5.42. The molecule has 0 bridgehead atoms. The molecular formula is C50H34N2S. The fourth-order valence-corrected chi connectivity index (χ4v) is 9.14. The summed E-state index contributed by atoms with van der Waals surface area (Å²) in [7, 11) is 0. The molecular weight excluding hydrogens is 661 g/mol. The molecule has 0 N–H and O–H groups in total. The minimum absolute atomic E-state index is 1.13. The fraction of sp³-hybridized carbons (Fsp3) is 0. The van der Waals surface area contributed by atoms with Crippen LogP contribution in [0.4, 0.5) is 34.1 Å². The van der Waals surface area contributed by atoms with E-state index in [-0.39, 0.29) is 0 Å². The van der Waals surface area contributed by atoms with Crippen molar-refractivity contribution in [2.45, 2.75) is 0 Å². The van der Waals surface area contributed by atoms with Crippen LogP contribution in [0, 0.1) is 0 Å². The first kappa shape index (κ1) is 31.1. The SMILES string of the molecule is c1ccc(-c2ccccc2N(c2ccccc2)c2ccc3c(c2)sc2c4ccc(N(c5ccccc5)c5ccccc5)cc4c4ccccc4c32)cc1. The van der Waals surface area contributed by atoms with Gasteiger partial charge in [-0.15, -0.1) is 11.3 Å². The smallest absolute Gasteiger partial charge is 0.0540 e. The summed E-state index contributed by atoms with van der Waals surface area (Å²) in [6, 6.07) is 74.4. The molecule has 10 aromatic rings. The van der Waals surface area contributed by atoms with E-state index in [0.717, 1.165) is 34.1 Å². The lowest BCUT2D eigenvalue weighted by Gasteiger charge is -2.28. The normalized spacial score (nSPS) is 11.4. The first-order chi connectivity index (χ1) is 26.3. The molecule has 2 nitrogen and oxygen atoms in total. The lowest BCUT2D eigenvalue weighted by molar-refractivity contribution is 1.29. The molecule has 0 aliphatic carbocycles. The van der Waals surface area contributed by atoms with Crippen LogP contribution in [0.2, 0.25) is 0 Å². The lowest BCUT2D eigenvalue weighted by atomic mass is 9.96. The van der Waals surface area contributed by atoms with Crippen LogP contribution in [0.1, 0.15) is 0 Å². The minimum atomic E-state index is 1.13. The number of rotatable bonds is 7. The molecule has 9 aromatic carbocycles. The second-order valence-electron chi connectivity index (χ2n) is 13.3. The third-order valence-electron chi connectivity index (χ3n) is 10.2. The van der Waals surface area contributed by atoms with Crippen molar-refractivity contribution in [3.63, 3.8) is 0 Å². The number of fused-ring (bicyclic) bond motifs is 8. The second-order valence-corrected chi connectivity index (χ2v) is 14.4. The van der Waals surface area contributed by atoms with Crippen LogP contribution in [0.5, 0.6) is 0 Å². The van der Waals surface area contributed by atoms with Gasteiger partial charge in [0.15, 0.2) is 0 Å². The maximum atomic E-state index is 2.40. The number of benzene rings is 9. The summed E-state index contributed by atoms with van der Waals surface area (Å²) in [5.41, 5.74) is 9.21. The molecule has 3 heteroatoms. The van der Waals surface area contributed by atoms with Crippen molar-refractivity contribution in [3.05, 3.63) is 206 Å². The van der Waals surface area contributed by atoms with Crippen LogP contribution >= 0.6 is 11.3 Å². The Kier molecular flexibility index (Phi) is 7.71. The van der Waals surface area contributed by atoms with Gasteiger partial charge in [0.1, 0.15) is 0 Å². The van der Waals surface area contributed by atoms with Gasteiger partial charge < -0.3 is 9.80 Å². The predicted octanol–water partition coefficient (Wildman–Crippen LogP) is 15.0. The first-order valence-corrected chi connectivity index (χ1v) is 18.8. The van der Waals surface area contributed by atoms with Gasteiger partial charge in [-0.3, -0.25) is 0 Å². The van der Waals surface area contributed by atoms with Crippen LogP contribution in [0.3, 0.4) is 0 Å². The Morgan fingerprint density at radius 2 is 0.830 bits per heavy atom. The summed E-state index contributed by atoms with van der Waals surface area (Å²) in [5, 5.41) is 7.70. The van der Waals surface area contributed by atoms with E-state index in [1.54, 1.807) is 0 Å². The van der Waals surface area contributed by atoms with Gasteiger partial charge in [-0.25, -0.2) is 0 Å². The number of thiophene rings is 1.